The van der Waals surface area contributed by atoms with Crippen molar-refractivity contribution in [2.24, 2.45) is 0 Å². The van der Waals surface area contributed by atoms with Gasteiger partial charge in [-0.1, -0.05) is 152 Å². The third-order valence-electron chi connectivity index (χ3n) is 12.4. The van der Waals surface area contributed by atoms with Crippen LogP contribution in [0, 0.1) is 0 Å². The van der Waals surface area contributed by atoms with E-state index in [1.54, 1.807) is 0 Å². The van der Waals surface area contributed by atoms with Crippen LogP contribution in [-0.4, -0.2) is 36.6 Å². The number of hydrogen-bond donors (Lipinski definition) is 0. The summed E-state index contributed by atoms with van der Waals surface area (Å²) < 4.78 is 9.38. The molecule has 5 aromatic heterocycles. The molecule has 0 aliphatic carbocycles. The Kier molecular flexibility index (Phi) is 7.39. The minimum atomic E-state index is -3.34. The third kappa shape index (κ3) is 4.91. The predicted octanol–water partition coefficient (Wildman–Crippen LogP) is 10.1. The topological polar surface area (TPSA) is 52.9 Å². The molecule has 0 amide bonds. The first-order valence-corrected chi connectivity index (χ1v) is 23.4. The van der Waals surface area contributed by atoms with Crippen molar-refractivity contribution < 1.29 is 0 Å². The fourth-order valence-electron chi connectivity index (χ4n) is 9.79. The summed E-state index contributed by atoms with van der Waals surface area (Å²) in [5, 5.41) is 8.51. The van der Waals surface area contributed by atoms with Crippen molar-refractivity contribution in [2.45, 2.75) is 0 Å². The molecule has 6 nitrogen and oxygen atoms in total. The standard InChI is InChI=1S/C53H34N6SSi/c1-3-17-35(18-4-1)61(36-19-5-2-6-20-36,37-31-32-49-41(33-37)40-23-9-16-30-48(40)60-49)52-55-50(57-43-25-11-7-21-38(43)39-22-8-12-26-44(39)57)34-51(56-52)59-47-29-15-14-28-46(47)58-45-27-13-10-24-42(45)54-53(58)59/h1-34H. The number of fused-ring (bicyclic) bond motifs is 11. The quantitative estimate of drug-likeness (QED) is 0.124. The van der Waals surface area contributed by atoms with Gasteiger partial charge in [-0.25, -0.2) is 15.0 Å². The Morgan fingerprint density at radius 3 is 1.57 bits per heavy atom. The second-order valence-corrected chi connectivity index (χ2v) is 20.4. The van der Waals surface area contributed by atoms with E-state index in [2.05, 4.69) is 220 Å². The zero-order valence-corrected chi connectivity index (χ0v) is 34.5. The van der Waals surface area contributed by atoms with Crippen LogP contribution in [0.3, 0.4) is 0 Å². The average Bonchev–Trinajstić information content (AvgIpc) is 4.07. The van der Waals surface area contributed by atoms with Crippen LogP contribution in [0.4, 0.5) is 0 Å². The van der Waals surface area contributed by atoms with Crippen molar-refractivity contribution in [2.75, 3.05) is 0 Å². The number of rotatable bonds is 6. The van der Waals surface area contributed by atoms with Crippen molar-refractivity contribution in [3.8, 4) is 11.6 Å². The van der Waals surface area contributed by atoms with Crippen molar-refractivity contribution in [1.29, 1.82) is 0 Å². The van der Waals surface area contributed by atoms with Crippen molar-refractivity contribution in [3.05, 3.63) is 206 Å². The summed E-state index contributed by atoms with van der Waals surface area (Å²) in [6, 6.07) is 74.3. The predicted molar refractivity (Wildman–Crippen MR) is 256 cm³/mol. The summed E-state index contributed by atoms with van der Waals surface area (Å²) in [7, 11) is -3.34. The van der Waals surface area contributed by atoms with E-state index in [0.717, 1.165) is 56.0 Å². The fraction of sp³-hybridized carbons (Fsp3) is 0. The first-order valence-electron chi connectivity index (χ1n) is 20.5. The maximum Gasteiger partial charge on any atom is 0.226 e. The lowest BCUT2D eigenvalue weighted by Crippen LogP contribution is -2.76. The van der Waals surface area contributed by atoms with Gasteiger partial charge in [-0.05, 0) is 64.1 Å². The molecule has 61 heavy (non-hydrogen) atoms. The molecular weight excluding hydrogens is 781 g/mol. The van der Waals surface area contributed by atoms with E-state index in [0.29, 0.717) is 0 Å². The van der Waals surface area contributed by atoms with Crippen molar-refractivity contribution >= 4 is 110 Å². The molecule has 0 bridgehead atoms. The Balaban J connectivity index is 1.23. The van der Waals surface area contributed by atoms with Gasteiger partial charge in [0.25, 0.3) is 0 Å². The lowest BCUT2D eigenvalue weighted by Gasteiger charge is -2.32. The summed E-state index contributed by atoms with van der Waals surface area (Å²) in [6.45, 7) is 0. The van der Waals surface area contributed by atoms with Crippen LogP contribution in [-0.2, 0) is 0 Å². The van der Waals surface area contributed by atoms with Crippen molar-refractivity contribution in [1.82, 2.24) is 28.5 Å². The van der Waals surface area contributed by atoms with Gasteiger partial charge in [0.1, 0.15) is 17.1 Å². The van der Waals surface area contributed by atoms with Crippen LogP contribution in [0.2, 0.25) is 0 Å². The molecule has 0 aliphatic heterocycles. The molecule has 0 saturated carbocycles. The SMILES string of the molecule is c1ccc([Si](c2ccccc2)(c2ccc3sc4ccccc4c3c2)c2nc(-n3c4ccccc4c4ccccc43)cc(-n3c4ccccc4n4c5ccccc5nc34)n2)cc1. The monoisotopic (exact) mass is 814 g/mol. The molecule has 286 valence electrons. The van der Waals surface area contributed by atoms with Gasteiger partial charge in [0, 0.05) is 37.0 Å². The minimum absolute atomic E-state index is 0.758. The lowest BCUT2D eigenvalue weighted by molar-refractivity contribution is 0.994. The van der Waals surface area contributed by atoms with Crippen LogP contribution in [0.5, 0.6) is 0 Å². The molecule has 0 unspecified atom stereocenters. The lowest BCUT2D eigenvalue weighted by atomic mass is 10.1. The number of nitrogens with zero attached hydrogens (tertiary/aromatic N) is 6. The maximum absolute atomic E-state index is 5.90. The largest absolute Gasteiger partial charge is 0.294 e. The highest BCUT2D eigenvalue weighted by Crippen LogP contribution is 2.35. The van der Waals surface area contributed by atoms with Gasteiger partial charge in [0.2, 0.25) is 13.9 Å². The molecule has 0 fully saturated rings. The summed E-state index contributed by atoms with van der Waals surface area (Å²) >= 11 is 1.84. The minimum Gasteiger partial charge on any atom is -0.294 e. The second-order valence-electron chi connectivity index (χ2n) is 15.6. The molecule has 0 N–H and O–H groups in total. The normalized spacial score (nSPS) is 12.3. The first kappa shape index (κ1) is 34.2. The molecule has 13 rings (SSSR count). The smallest absolute Gasteiger partial charge is 0.226 e. The van der Waals surface area contributed by atoms with E-state index >= 15 is 0 Å². The van der Waals surface area contributed by atoms with Gasteiger partial charge in [-0.3, -0.25) is 13.5 Å². The third-order valence-corrected chi connectivity index (χ3v) is 18.0. The van der Waals surface area contributed by atoms with Gasteiger partial charge >= 0.3 is 0 Å². The highest BCUT2D eigenvalue weighted by Gasteiger charge is 2.46. The zero-order chi connectivity index (χ0) is 40.1. The van der Waals surface area contributed by atoms with Gasteiger partial charge in [0.05, 0.1) is 33.1 Å². The first-order chi connectivity index (χ1) is 30.3. The Morgan fingerprint density at radius 1 is 0.361 bits per heavy atom. The van der Waals surface area contributed by atoms with E-state index in [9.17, 15) is 0 Å². The van der Waals surface area contributed by atoms with Gasteiger partial charge in [-0.15, -0.1) is 11.3 Å². The number of hydrogen-bond acceptors (Lipinski definition) is 4. The van der Waals surface area contributed by atoms with Crippen LogP contribution < -0.4 is 21.0 Å². The average molecular weight is 815 g/mol. The van der Waals surface area contributed by atoms with E-state index < -0.39 is 8.07 Å². The zero-order valence-electron chi connectivity index (χ0n) is 32.7. The van der Waals surface area contributed by atoms with Crippen LogP contribution in [0.25, 0.3) is 81.5 Å². The summed E-state index contributed by atoms with van der Waals surface area (Å²) in [5.74, 6) is 2.36. The molecule has 8 heteroatoms. The molecule has 0 aliphatic rings. The van der Waals surface area contributed by atoms with Gasteiger partial charge in [-0.2, -0.15) is 0 Å². The Bertz CT molecular complexity index is 3750. The Morgan fingerprint density at radius 2 is 0.885 bits per heavy atom. The molecule has 8 aromatic carbocycles. The van der Waals surface area contributed by atoms with E-state index in [4.69, 9.17) is 15.0 Å². The number of thiophene rings is 1. The van der Waals surface area contributed by atoms with Gasteiger partial charge < -0.3 is 0 Å². The van der Waals surface area contributed by atoms with Crippen LogP contribution in [0.15, 0.2) is 206 Å². The molecule has 5 heterocycles. The number of benzene rings is 8. The summed E-state index contributed by atoms with van der Waals surface area (Å²) in [4.78, 5) is 17.1. The number of imidazole rings is 2. The highest BCUT2D eigenvalue weighted by atomic mass is 32.1. The van der Waals surface area contributed by atoms with E-state index in [1.807, 2.05) is 11.3 Å². The Labute approximate surface area is 354 Å². The van der Waals surface area contributed by atoms with Crippen molar-refractivity contribution in [3.63, 3.8) is 0 Å². The van der Waals surface area contributed by atoms with E-state index in [-0.39, 0.29) is 0 Å². The second kappa shape index (κ2) is 13.2. The Hall–Kier alpha value is -7.65. The fourth-order valence-corrected chi connectivity index (χ4v) is 15.3. The molecule has 0 saturated heterocycles. The summed E-state index contributed by atoms with van der Waals surface area (Å²) in [5.41, 5.74) is 7.05. The van der Waals surface area contributed by atoms with E-state index in [1.165, 1.54) is 46.5 Å². The molecular formula is C53H34N6SSi. The number of para-hydroxylation sites is 6. The highest BCUT2D eigenvalue weighted by molar-refractivity contribution is 7.26. The molecule has 0 atom stereocenters. The van der Waals surface area contributed by atoms with Gasteiger partial charge in [0.15, 0.2) is 0 Å². The molecule has 13 aromatic rings. The molecule has 0 spiro atoms. The number of aromatic nitrogens is 6. The summed E-state index contributed by atoms with van der Waals surface area (Å²) in [6.07, 6.45) is 0. The van der Waals surface area contributed by atoms with Crippen LogP contribution in [0.1, 0.15) is 0 Å². The van der Waals surface area contributed by atoms with Crippen LogP contribution >= 0.6 is 11.3 Å². The maximum atomic E-state index is 5.90. The molecule has 0 radical (unpaired) electrons.